The molecule has 0 saturated heterocycles. The first-order valence-electron chi connectivity index (χ1n) is 5.96. The molecule has 1 heterocycles. The minimum atomic E-state index is -1.01. The van der Waals surface area contributed by atoms with Crippen LogP contribution < -0.4 is 5.32 Å². The van der Waals surface area contributed by atoms with Crippen molar-refractivity contribution in [1.29, 1.82) is 0 Å². The van der Waals surface area contributed by atoms with Crippen molar-refractivity contribution in [3.8, 4) is 0 Å². The largest absolute Gasteiger partial charge is 0.478 e. The Morgan fingerprint density at radius 1 is 1.25 bits per heavy atom. The van der Waals surface area contributed by atoms with E-state index in [2.05, 4.69) is 10.3 Å². The summed E-state index contributed by atoms with van der Waals surface area (Å²) in [5, 5.41) is 14.3. The quantitative estimate of drug-likeness (QED) is 0.910. The smallest absolute Gasteiger partial charge is 0.336 e. The molecule has 0 spiro atoms. The van der Waals surface area contributed by atoms with Crippen LogP contribution in [0.25, 0.3) is 0 Å². The van der Waals surface area contributed by atoms with Crippen LogP contribution in [0.3, 0.4) is 0 Å². The first-order chi connectivity index (χ1) is 9.38. The number of anilines is 1. The highest BCUT2D eigenvalue weighted by atomic mass is 32.1. The third kappa shape index (κ3) is 2.85. The van der Waals surface area contributed by atoms with Gasteiger partial charge in [0.25, 0.3) is 5.91 Å². The SMILES string of the molecule is Cc1nc(C(=O)Nc2cc(C)c(C)c(C(=O)O)c2)cs1. The van der Waals surface area contributed by atoms with Crippen LogP contribution in [0.2, 0.25) is 0 Å². The lowest BCUT2D eigenvalue weighted by Crippen LogP contribution is -2.13. The number of nitrogens with zero attached hydrogens (tertiary/aromatic N) is 1. The van der Waals surface area contributed by atoms with Crippen molar-refractivity contribution in [2.24, 2.45) is 0 Å². The fourth-order valence-corrected chi connectivity index (χ4v) is 2.41. The monoisotopic (exact) mass is 290 g/mol. The molecule has 0 bridgehead atoms. The van der Waals surface area contributed by atoms with Crippen LogP contribution in [0.5, 0.6) is 0 Å². The normalized spacial score (nSPS) is 10.3. The van der Waals surface area contributed by atoms with Gasteiger partial charge < -0.3 is 10.4 Å². The number of aromatic carboxylic acids is 1. The van der Waals surface area contributed by atoms with Crippen molar-refractivity contribution >= 4 is 28.9 Å². The average molecular weight is 290 g/mol. The molecule has 1 amide bonds. The zero-order valence-corrected chi connectivity index (χ0v) is 12.2. The Morgan fingerprint density at radius 2 is 1.95 bits per heavy atom. The lowest BCUT2D eigenvalue weighted by molar-refractivity contribution is 0.0695. The summed E-state index contributed by atoms with van der Waals surface area (Å²) in [6.45, 7) is 5.37. The molecule has 0 radical (unpaired) electrons. The second kappa shape index (κ2) is 5.42. The van der Waals surface area contributed by atoms with Gasteiger partial charge in [0.2, 0.25) is 0 Å². The van der Waals surface area contributed by atoms with Crippen LogP contribution >= 0.6 is 11.3 Å². The van der Waals surface area contributed by atoms with Gasteiger partial charge in [-0.2, -0.15) is 0 Å². The number of carboxylic acids is 1. The first-order valence-corrected chi connectivity index (χ1v) is 6.84. The van der Waals surface area contributed by atoms with Gasteiger partial charge in [0.05, 0.1) is 10.6 Å². The minimum absolute atomic E-state index is 0.190. The van der Waals surface area contributed by atoms with Crippen molar-refractivity contribution in [3.05, 3.63) is 44.9 Å². The Bertz CT molecular complexity index is 692. The van der Waals surface area contributed by atoms with Crippen molar-refractivity contribution in [2.75, 3.05) is 5.32 Å². The number of amides is 1. The average Bonchev–Trinajstić information content (AvgIpc) is 2.80. The fraction of sp³-hybridized carbons (Fsp3) is 0.214. The number of thiazole rings is 1. The zero-order chi connectivity index (χ0) is 14.9. The Balaban J connectivity index is 2.30. The van der Waals surface area contributed by atoms with Gasteiger partial charge in [0.1, 0.15) is 5.69 Å². The van der Waals surface area contributed by atoms with Crippen LogP contribution in [0.15, 0.2) is 17.5 Å². The number of carbonyl (C=O) groups is 2. The predicted octanol–water partition coefficient (Wildman–Crippen LogP) is 3.02. The van der Waals surface area contributed by atoms with E-state index in [1.165, 1.54) is 17.4 Å². The van der Waals surface area contributed by atoms with Crippen LogP contribution in [0, 0.1) is 20.8 Å². The molecular formula is C14H14N2O3S. The fourth-order valence-electron chi connectivity index (χ4n) is 1.82. The van der Waals surface area contributed by atoms with Gasteiger partial charge in [-0.1, -0.05) is 0 Å². The third-order valence-corrected chi connectivity index (χ3v) is 3.78. The van der Waals surface area contributed by atoms with Crippen molar-refractivity contribution in [3.63, 3.8) is 0 Å². The first kappa shape index (κ1) is 14.2. The Morgan fingerprint density at radius 3 is 2.50 bits per heavy atom. The number of hydrogen-bond donors (Lipinski definition) is 2. The Hall–Kier alpha value is -2.21. The molecule has 0 aliphatic rings. The van der Waals surface area contributed by atoms with E-state index in [1.54, 1.807) is 18.4 Å². The van der Waals surface area contributed by atoms with Crippen LogP contribution in [-0.4, -0.2) is 22.0 Å². The molecule has 0 aliphatic carbocycles. The second-order valence-electron chi connectivity index (χ2n) is 4.48. The van der Waals surface area contributed by atoms with Gasteiger partial charge in [0, 0.05) is 11.1 Å². The summed E-state index contributed by atoms with van der Waals surface area (Å²) >= 11 is 1.39. The van der Waals surface area contributed by atoms with Gasteiger partial charge in [-0.05, 0) is 44.0 Å². The summed E-state index contributed by atoms with van der Waals surface area (Å²) in [6, 6.07) is 3.21. The number of benzene rings is 1. The second-order valence-corrected chi connectivity index (χ2v) is 5.54. The number of carboxylic acid groups (broad SMARTS) is 1. The van der Waals surface area contributed by atoms with Gasteiger partial charge in [-0.3, -0.25) is 4.79 Å². The summed E-state index contributed by atoms with van der Waals surface area (Å²) in [6.07, 6.45) is 0. The number of carbonyl (C=O) groups excluding carboxylic acids is 1. The zero-order valence-electron chi connectivity index (χ0n) is 11.4. The molecule has 6 heteroatoms. The van der Waals surface area contributed by atoms with Crippen molar-refractivity contribution in [2.45, 2.75) is 20.8 Å². The van der Waals surface area contributed by atoms with Crippen LogP contribution in [0.1, 0.15) is 37.0 Å². The highest BCUT2D eigenvalue weighted by Crippen LogP contribution is 2.21. The number of nitrogens with one attached hydrogen (secondary N) is 1. The molecule has 0 unspecified atom stereocenters. The molecule has 20 heavy (non-hydrogen) atoms. The minimum Gasteiger partial charge on any atom is -0.478 e. The topological polar surface area (TPSA) is 79.3 Å². The molecule has 2 rings (SSSR count). The highest BCUT2D eigenvalue weighted by Gasteiger charge is 2.14. The number of rotatable bonds is 3. The molecule has 5 nitrogen and oxygen atoms in total. The molecular weight excluding hydrogens is 276 g/mol. The standard InChI is InChI=1S/C14H14N2O3S/c1-7-4-10(5-11(8(7)2)14(18)19)16-13(17)12-6-20-9(3)15-12/h4-6H,1-3H3,(H,16,17)(H,18,19). The molecule has 1 aromatic heterocycles. The maximum Gasteiger partial charge on any atom is 0.336 e. The summed E-state index contributed by atoms with van der Waals surface area (Å²) in [5.41, 5.74) is 2.49. The third-order valence-electron chi connectivity index (χ3n) is 3.01. The van der Waals surface area contributed by atoms with Gasteiger partial charge in [-0.15, -0.1) is 11.3 Å². The van der Waals surface area contributed by atoms with E-state index in [9.17, 15) is 9.59 Å². The van der Waals surface area contributed by atoms with E-state index in [0.29, 0.717) is 16.9 Å². The number of aryl methyl sites for hydroxylation is 2. The van der Waals surface area contributed by atoms with Gasteiger partial charge in [-0.25, -0.2) is 9.78 Å². The van der Waals surface area contributed by atoms with E-state index in [-0.39, 0.29) is 11.5 Å². The van der Waals surface area contributed by atoms with Gasteiger partial charge >= 0.3 is 5.97 Å². The number of hydrogen-bond acceptors (Lipinski definition) is 4. The van der Waals surface area contributed by atoms with Crippen LogP contribution in [-0.2, 0) is 0 Å². The van der Waals surface area contributed by atoms with Crippen LogP contribution in [0.4, 0.5) is 5.69 Å². The highest BCUT2D eigenvalue weighted by molar-refractivity contribution is 7.09. The number of aromatic nitrogens is 1. The van der Waals surface area contributed by atoms with E-state index in [1.807, 2.05) is 13.8 Å². The summed E-state index contributed by atoms with van der Waals surface area (Å²) < 4.78 is 0. The summed E-state index contributed by atoms with van der Waals surface area (Å²) in [5.74, 6) is -1.35. The Labute approximate surface area is 120 Å². The lowest BCUT2D eigenvalue weighted by Gasteiger charge is -2.10. The van der Waals surface area contributed by atoms with Crippen molar-refractivity contribution < 1.29 is 14.7 Å². The van der Waals surface area contributed by atoms with E-state index < -0.39 is 5.97 Å². The Kier molecular flexibility index (Phi) is 3.85. The van der Waals surface area contributed by atoms with E-state index >= 15 is 0 Å². The predicted molar refractivity (Wildman–Crippen MR) is 77.7 cm³/mol. The van der Waals surface area contributed by atoms with Gasteiger partial charge in [0.15, 0.2) is 0 Å². The van der Waals surface area contributed by atoms with E-state index in [4.69, 9.17) is 5.11 Å². The molecule has 0 aliphatic heterocycles. The van der Waals surface area contributed by atoms with E-state index in [0.717, 1.165) is 10.6 Å². The molecule has 104 valence electrons. The molecule has 0 saturated carbocycles. The molecule has 2 N–H and O–H groups in total. The molecule has 2 aromatic rings. The lowest BCUT2D eigenvalue weighted by atomic mass is 10.0. The molecule has 0 atom stereocenters. The summed E-state index contributed by atoms with van der Waals surface area (Å²) in [4.78, 5) is 27.2. The molecule has 0 fully saturated rings. The maximum atomic E-state index is 12.0. The maximum absolute atomic E-state index is 12.0. The van der Waals surface area contributed by atoms with Crippen molar-refractivity contribution in [1.82, 2.24) is 4.98 Å². The molecule has 1 aromatic carbocycles. The summed E-state index contributed by atoms with van der Waals surface area (Å²) in [7, 11) is 0.